The van der Waals surface area contributed by atoms with Crippen molar-refractivity contribution >= 4 is 22.9 Å². The van der Waals surface area contributed by atoms with Gasteiger partial charge in [-0.2, -0.15) is 0 Å². The normalized spacial score (nSPS) is 19.1. The highest BCUT2D eigenvalue weighted by molar-refractivity contribution is 7.90. The molecule has 35 heavy (non-hydrogen) atoms. The maximum absolute atomic E-state index is 12.6. The third-order valence-corrected chi connectivity index (χ3v) is 7.47. The maximum Gasteiger partial charge on any atom is 0.270 e. The number of nitrogens with zero attached hydrogens (tertiary/aromatic N) is 4. The molecule has 3 heterocycles. The van der Waals surface area contributed by atoms with Gasteiger partial charge < -0.3 is 20.3 Å². The molecule has 1 aromatic heterocycles. The lowest BCUT2D eigenvalue weighted by Crippen LogP contribution is -2.42. The van der Waals surface area contributed by atoms with Crippen LogP contribution in [0.2, 0.25) is 0 Å². The SMILES string of the molecule is C[S+]([O-])CCN1CCC(Nc2cc(C(=O)NCC(O)CN3CCc4ccccc4C3)ncn2)CC1. The summed E-state index contributed by atoms with van der Waals surface area (Å²) in [6.07, 6.45) is 5.39. The van der Waals surface area contributed by atoms with E-state index in [1.165, 1.54) is 17.5 Å². The van der Waals surface area contributed by atoms with E-state index in [0.717, 1.165) is 52.0 Å². The second kappa shape index (κ2) is 12.6. The van der Waals surface area contributed by atoms with Crippen molar-refractivity contribution in [1.29, 1.82) is 0 Å². The smallest absolute Gasteiger partial charge is 0.270 e. The Kier molecular flexibility index (Phi) is 9.33. The highest BCUT2D eigenvalue weighted by Gasteiger charge is 2.21. The molecule has 2 aromatic rings. The van der Waals surface area contributed by atoms with Crippen molar-refractivity contribution in [2.75, 3.05) is 56.6 Å². The molecular weight excluding hydrogens is 464 g/mol. The van der Waals surface area contributed by atoms with Crippen molar-refractivity contribution in [2.24, 2.45) is 0 Å². The molecular formula is C25H36N6O3S. The van der Waals surface area contributed by atoms with Crippen LogP contribution in [-0.2, 0) is 24.1 Å². The molecule has 0 saturated carbocycles. The summed E-state index contributed by atoms with van der Waals surface area (Å²) >= 11 is -0.760. The van der Waals surface area contributed by atoms with Gasteiger partial charge >= 0.3 is 0 Å². The predicted octanol–water partition coefficient (Wildman–Crippen LogP) is 0.880. The van der Waals surface area contributed by atoms with Gasteiger partial charge in [-0.15, -0.1) is 0 Å². The standard InChI is InChI=1S/C25H36N6O3S/c1-35(34)13-12-30-10-7-21(8-11-30)29-24-14-23(27-18-28-24)25(33)26-15-22(32)17-31-9-6-19-4-2-3-5-20(19)16-31/h2-5,14,18,21-22,32H,6-13,15-17H2,1H3,(H,26,33)(H,27,28,29). The second-order valence-electron chi connectivity index (χ2n) is 9.44. The number of hydrogen-bond acceptors (Lipinski definition) is 8. The van der Waals surface area contributed by atoms with Gasteiger partial charge in [-0.1, -0.05) is 35.4 Å². The Hall–Kier alpha value is -2.24. The number of piperidine rings is 1. The van der Waals surface area contributed by atoms with Crippen LogP contribution >= 0.6 is 0 Å². The molecule has 1 fully saturated rings. The second-order valence-corrected chi connectivity index (χ2v) is 11.0. The molecule has 0 aliphatic carbocycles. The molecule has 190 valence electrons. The van der Waals surface area contributed by atoms with Crippen molar-refractivity contribution in [1.82, 2.24) is 25.1 Å². The first-order valence-electron chi connectivity index (χ1n) is 12.3. The summed E-state index contributed by atoms with van der Waals surface area (Å²) in [6, 6.07) is 10.3. The quantitative estimate of drug-likeness (QED) is 0.412. The number of hydrogen-bond donors (Lipinski definition) is 3. The van der Waals surface area contributed by atoms with Crippen LogP contribution in [0.5, 0.6) is 0 Å². The van der Waals surface area contributed by atoms with E-state index in [2.05, 4.69) is 48.6 Å². The van der Waals surface area contributed by atoms with Crippen molar-refractivity contribution in [3.63, 3.8) is 0 Å². The molecule has 0 radical (unpaired) electrons. The molecule has 2 unspecified atom stereocenters. The zero-order chi connectivity index (χ0) is 24.6. The van der Waals surface area contributed by atoms with E-state index in [1.807, 2.05) is 6.07 Å². The van der Waals surface area contributed by atoms with Crippen LogP contribution < -0.4 is 10.6 Å². The summed E-state index contributed by atoms with van der Waals surface area (Å²) in [5.41, 5.74) is 2.96. The number of likely N-dealkylation sites (tertiary alicyclic amines) is 1. The fourth-order valence-electron chi connectivity index (χ4n) is 4.70. The maximum atomic E-state index is 12.6. The monoisotopic (exact) mass is 500 g/mol. The van der Waals surface area contributed by atoms with Gasteiger partial charge in [-0.05, 0) is 30.4 Å². The lowest BCUT2D eigenvalue weighted by molar-refractivity contribution is 0.0838. The molecule has 4 rings (SSSR count). The number of β-amino-alcohol motifs (C(OH)–C–C–N with tert-alkyl or cyclic N) is 1. The minimum Gasteiger partial charge on any atom is -0.617 e. The predicted molar refractivity (Wildman–Crippen MR) is 138 cm³/mol. The Morgan fingerprint density at radius 3 is 2.74 bits per heavy atom. The third kappa shape index (κ3) is 7.88. The van der Waals surface area contributed by atoms with E-state index in [1.54, 1.807) is 12.3 Å². The number of benzene rings is 1. The average Bonchev–Trinajstić information content (AvgIpc) is 2.87. The van der Waals surface area contributed by atoms with Gasteiger partial charge in [0.15, 0.2) is 0 Å². The van der Waals surface area contributed by atoms with Gasteiger partial charge in [-0.25, -0.2) is 9.97 Å². The van der Waals surface area contributed by atoms with Crippen LogP contribution in [0, 0.1) is 0 Å². The number of aromatic nitrogens is 2. The van der Waals surface area contributed by atoms with Gasteiger partial charge in [0.25, 0.3) is 5.91 Å². The largest absolute Gasteiger partial charge is 0.617 e. The minimum atomic E-state index is -0.760. The first kappa shape index (κ1) is 25.8. The van der Waals surface area contributed by atoms with Gasteiger partial charge in [0.1, 0.15) is 23.6 Å². The van der Waals surface area contributed by atoms with Crippen molar-refractivity contribution in [2.45, 2.75) is 38.0 Å². The van der Waals surface area contributed by atoms with Crippen LogP contribution in [0.4, 0.5) is 5.82 Å². The van der Waals surface area contributed by atoms with E-state index in [0.29, 0.717) is 18.1 Å². The summed E-state index contributed by atoms with van der Waals surface area (Å²) in [4.78, 5) is 25.6. The van der Waals surface area contributed by atoms with E-state index in [-0.39, 0.29) is 24.2 Å². The first-order chi connectivity index (χ1) is 17.0. The Labute approximate surface area is 210 Å². The fourth-order valence-corrected chi connectivity index (χ4v) is 5.22. The lowest BCUT2D eigenvalue weighted by atomic mass is 10.00. The zero-order valence-corrected chi connectivity index (χ0v) is 21.2. The molecule has 2 atom stereocenters. The highest BCUT2D eigenvalue weighted by atomic mass is 32.2. The van der Waals surface area contributed by atoms with Crippen LogP contribution in [0.3, 0.4) is 0 Å². The molecule has 10 heteroatoms. The Morgan fingerprint density at radius 1 is 1.20 bits per heavy atom. The molecule has 9 nitrogen and oxygen atoms in total. The van der Waals surface area contributed by atoms with E-state index >= 15 is 0 Å². The van der Waals surface area contributed by atoms with Crippen LogP contribution in [0.15, 0.2) is 36.7 Å². The Morgan fingerprint density at radius 2 is 1.97 bits per heavy atom. The topological polar surface area (TPSA) is 117 Å². The Balaban J connectivity index is 1.20. The molecule has 0 spiro atoms. The van der Waals surface area contributed by atoms with Gasteiger partial charge in [0, 0.05) is 57.9 Å². The molecule has 2 aliphatic rings. The summed E-state index contributed by atoms with van der Waals surface area (Å²) in [6.45, 7) is 5.17. The number of carbonyl (C=O) groups excluding carboxylic acids is 1. The summed E-state index contributed by atoms with van der Waals surface area (Å²) < 4.78 is 11.3. The number of aliphatic hydroxyl groups is 1. The fraction of sp³-hybridized carbons (Fsp3) is 0.560. The van der Waals surface area contributed by atoms with Crippen LogP contribution in [-0.4, -0.2) is 98.8 Å². The number of fused-ring (bicyclic) bond motifs is 1. The van der Waals surface area contributed by atoms with Crippen molar-refractivity contribution < 1.29 is 14.5 Å². The molecule has 0 bridgehead atoms. The minimum absolute atomic E-state index is 0.171. The Bertz CT molecular complexity index is 970. The van der Waals surface area contributed by atoms with Crippen LogP contribution in [0.25, 0.3) is 0 Å². The lowest BCUT2D eigenvalue weighted by Gasteiger charge is -2.32. The van der Waals surface area contributed by atoms with E-state index < -0.39 is 17.3 Å². The third-order valence-electron chi connectivity index (χ3n) is 6.71. The molecule has 2 aliphatic heterocycles. The van der Waals surface area contributed by atoms with Crippen molar-refractivity contribution in [3.05, 3.63) is 53.5 Å². The van der Waals surface area contributed by atoms with E-state index in [4.69, 9.17) is 0 Å². The zero-order valence-electron chi connectivity index (χ0n) is 20.4. The number of nitrogens with one attached hydrogen (secondary N) is 2. The van der Waals surface area contributed by atoms with Gasteiger partial charge in [0.2, 0.25) is 0 Å². The number of amides is 1. The number of carbonyl (C=O) groups is 1. The first-order valence-corrected chi connectivity index (χ1v) is 14.1. The average molecular weight is 501 g/mol. The van der Waals surface area contributed by atoms with E-state index in [9.17, 15) is 14.5 Å². The molecule has 1 saturated heterocycles. The number of rotatable bonds is 10. The van der Waals surface area contributed by atoms with Crippen molar-refractivity contribution in [3.8, 4) is 0 Å². The summed E-state index contributed by atoms with van der Waals surface area (Å²) in [7, 11) is 0. The van der Waals surface area contributed by atoms with Gasteiger partial charge in [0.05, 0.1) is 12.4 Å². The molecule has 3 N–H and O–H groups in total. The van der Waals surface area contributed by atoms with Crippen LogP contribution in [0.1, 0.15) is 34.5 Å². The highest BCUT2D eigenvalue weighted by Crippen LogP contribution is 2.19. The number of aliphatic hydroxyl groups excluding tert-OH is 1. The summed E-state index contributed by atoms with van der Waals surface area (Å²) in [5.74, 6) is 1.02. The molecule has 1 aromatic carbocycles. The van der Waals surface area contributed by atoms with Gasteiger partial charge in [-0.3, -0.25) is 14.6 Å². The number of anilines is 1. The summed E-state index contributed by atoms with van der Waals surface area (Å²) in [5, 5.41) is 16.7. The molecule has 1 amide bonds.